The number of carbonyl (C=O) groups excluding carboxylic acids is 1. The van der Waals surface area contributed by atoms with Gasteiger partial charge in [0.2, 0.25) is 0 Å². The molecule has 0 N–H and O–H groups in total. The molecule has 0 aromatic heterocycles. The SMILES string of the molecule is CCC(CC(=O)OC)c1cc(OC)cc(C(F)(F)F)c1. The lowest BCUT2D eigenvalue weighted by Crippen LogP contribution is -2.11. The van der Waals surface area contributed by atoms with Crippen molar-refractivity contribution in [1.82, 2.24) is 0 Å². The summed E-state index contributed by atoms with van der Waals surface area (Å²) in [6.07, 6.45) is -3.89. The predicted molar refractivity (Wildman–Crippen MR) is 67.7 cm³/mol. The van der Waals surface area contributed by atoms with Crippen LogP contribution in [-0.2, 0) is 15.7 Å². The van der Waals surface area contributed by atoms with E-state index in [2.05, 4.69) is 4.74 Å². The van der Waals surface area contributed by atoms with Gasteiger partial charge in [0.05, 0.1) is 26.2 Å². The van der Waals surface area contributed by atoms with E-state index in [1.165, 1.54) is 20.3 Å². The number of rotatable bonds is 5. The van der Waals surface area contributed by atoms with E-state index in [9.17, 15) is 18.0 Å². The highest BCUT2D eigenvalue weighted by Gasteiger charge is 2.32. The van der Waals surface area contributed by atoms with Crippen molar-refractivity contribution in [2.45, 2.75) is 31.9 Å². The van der Waals surface area contributed by atoms with Crippen molar-refractivity contribution in [3.8, 4) is 5.75 Å². The van der Waals surface area contributed by atoms with E-state index < -0.39 is 17.7 Å². The van der Waals surface area contributed by atoms with Gasteiger partial charge in [0, 0.05) is 0 Å². The molecule has 1 aromatic carbocycles. The molecule has 0 saturated carbocycles. The number of alkyl halides is 3. The number of hydrogen-bond acceptors (Lipinski definition) is 3. The van der Waals surface area contributed by atoms with Crippen LogP contribution in [0, 0.1) is 0 Å². The average molecular weight is 290 g/mol. The van der Waals surface area contributed by atoms with Crippen LogP contribution in [-0.4, -0.2) is 20.2 Å². The second-order valence-electron chi connectivity index (χ2n) is 4.38. The van der Waals surface area contributed by atoms with E-state index in [1.807, 2.05) is 0 Å². The molecule has 0 bridgehead atoms. The predicted octanol–water partition coefficient (Wildman–Crippen LogP) is 3.77. The van der Waals surface area contributed by atoms with Gasteiger partial charge < -0.3 is 9.47 Å². The normalized spacial score (nSPS) is 12.9. The van der Waals surface area contributed by atoms with Crippen LogP contribution < -0.4 is 4.74 Å². The second-order valence-corrected chi connectivity index (χ2v) is 4.38. The summed E-state index contributed by atoms with van der Waals surface area (Å²) in [5, 5.41) is 0. The zero-order valence-electron chi connectivity index (χ0n) is 11.6. The highest BCUT2D eigenvalue weighted by atomic mass is 19.4. The first-order valence-electron chi connectivity index (χ1n) is 6.14. The molecule has 112 valence electrons. The fraction of sp³-hybridized carbons (Fsp3) is 0.500. The van der Waals surface area contributed by atoms with Crippen molar-refractivity contribution in [2.75, 3.05) is 14.2 Å². The minimum absolute atomic E-state index is 0.0392. The lowest BCUT2D eigenvalue weighted by molar-refractivity contribution is -0.141. The Bertz CT molecular complexity index is 469. The highest BCUT2D eigenvalue weighted by Crippen LogP contribution is 2.36. The molecule has 0 aliphatic carbocycles. The quantitative estimate of drug-likeness (QED) is 0.774. The first-order chi connectivity index (χ1) is 9.31. The molecule has 1 atom stereocenters. The summed E-state index contributed by atoms with van der Waals surface area (Å²) in [6.45, 7) is 1.81. The van der Waals surface area contributed by atoms with Crippen LogP contribution in [0.25, 0.3) is 0 Å². The Morgan fingerprint density at radius 3 is 2.35 bits per heavy atom. The number of methoxy groups -OCH3 is 2. The molecule has 0 radical (unpaired) electrons. The van der Waals surface area contributed by atoms with Gasteiger partial charge in [-0.2, -0.15) is 13.2 Å². The van der Waals surface area contributed by atoms with E-state index in [0.29, 0.717) is 12.0 Å². The number of benzene rings is 1. The number of hydrogen-bond donors (Lipinski definition) is 0. The molecule has 0 aliphatic rings. The van der Waals surface area contributed by atoms with Crippen molar-refractivity contribution in [2.24, 2.45) is 0 Å². The van der Waals surface area contributed by atoms with Gasteiger partial charge in [-0.05, 0) is 36.1 Å². The van der Waals surface area contributed by atoms with E-state index in [4.69, 9.17) is 4.74 Å². The standard InChI is InChI=1S/C14H17F3O3/c1-4-9(7-13(18)20-3)10-5-11(14(15,16)17)8-12(6-10)19-2/h5-6,8-9H,4,7H2,1-3H3. The number of ether oxygens (including phenoxy) is 2. The monoisotopic (exact) mass is 290 g/mol. The van der Waals surface area contributed by atoms with Crippen LogP contribution in [0.2, 0.25) is 0 Å². The average Bonchev–Trinajstić information content (AvgIpc) is 2.42. The number of esters is 1. The van der Waals surface area contributed by atoms with Crippen LogP contribution in [0.4, 0.5) is 13.2 Å². The maximum Gasteiger partial charge on any atom is 0.416 e. The molecule has 6 heteroatoms. The van der Waals surface area contributed by atoms with Crippen LogP contribution in [0.5, 0.6) is 5.75 Å². The zero-order valence-corrected chi connectivity index (χ0v) is 11.6. The summed E-state index contributed by atoms with van der Waals surface area (Å²) in [4.78, 5) is 11.3. The van der Waals surface area contributed by atoms with E-state index in [1.54, 1.807) is 6.92 Å². The van der Waals surface area contributed by atoms with Crippen molar-refractivity contribution in [3.05, 3.63) is 29.3 Å². The Morgan fingerprint density at radius 2 is 1.90 bits per heavy atom. The van der Waals surface area contributed by atoms with Gasteiger partial charge in [-0.25, -0.2) is 0 Å². The Kier molecular flexibility index (Phi) is 5.42. The maximum atomic E-state index is 12.8. The summed E-state index contributed by atoms with van der Waals surface area (Å²) in [5.74, 6) is -0.662. The van der Waals surface area contributed by atoms with E-state index >= 15 is 0 Å². The maximum absolute atomic E-state index is 12.8. The number of carbonyl (C=O) groups is 1. The summed E-state index contributed by atoms with van der Waals surface area (Å²) in [5.41, 5.74) is -0.361. The number of halogens is 3. The van der Waals surface area contributed by atoms with E-state index in [0.717, 1.165) is 12.1 Å². The summed E-state index contributed by atoms with van der Waals surface area (Å²) in [6, 6.07) is 3.51. The van der Waals surface area contributed by atoms with Gasteiger partial charge in [-0.15, -0.1) is 0 Å². The topological polar surface area (TPSA) is 35.5 Å². The summed E-state index contributed by atoms with van der Waals surface area (Å²) < 4.78 is 48.0. The summed E-state index contributed by atoms with van der Waals surface area (Å²) >= 11 is 0. The van der Waals surface area contributed by atoms with Gasteiger partial charge in [0.25, 0.3) is 0 Å². The minimum Gasteiger partial charge on any atom is -0.497 e. The van der Waals surface area contributed by atoms with Crippen LogP contribution in [0.3, 0.4) is 0 Å². The Hall–Kier alpha value is -1.72. The second kappa shape index (κ2) is 6.63. The Labute approximate surface area is 115 Å². The van der Waals surface area contributed by atoms with Gasteiger partial charge in [0.15, 0.2) is 0 Å². The molecule has 1 unspecified atom stereocenters. The zero-order chi connectivity index (χ0) is 15.3. The largest absolute Gasteiger partial charge is 0.497 e. The lowest BCUT2D eigenvalue weighted by Gasteiger charge is -2.17. The molecule has 1 rings (SSSR count). The van der Waals surface area contributed by atoms with Gasteiger partial charge in [-0.1, -0.05) is 6.92 Å². The first-order valence-corrected chi connectivity index (χ1v) is 6.14. The molecular weight excluding hydrogens is 273 g/mol. The molecule has 1 aromatic rings. The molecular formula is C14H17F3O3. The fourth-order valence-corrected chi connectivity index (χ4v) is 1.92. The molecule has 3 nitrogen and oxygen atoms in total. The third kappa shape index (κ3) is 4.15. The van der Waals surface area contributed by atoms with Crippen molar-refractivity contribution >= 4 is 5.97 Å². The minimum atomic E-state index is -4.45. The Morgan fingerprint density at radius 1 is 1.25 bits per heavy atom. The molecule has 0 saturated heterocycles. The van der Waals surface area contributed by atoms with Gasteiger partial charge in [0.1, 0.15) is 5.75 Å². The van der Waals surface area contributed by atoms with Crippen molar-refractivity contribution < 1.29 is 27.4 Å². The summed E-state index contributed by atoms with van der Waals surface area (Å²) in [7, 11) is 2.56. The lowest BCUT2D eigenvalue weighted by atomic mass is 9.91. The third-order valence-electron chi connectivity index (χ3n) is 3.10. The van der Waals surface area contributed by atoms with Crippen LogP contribution >= 0.6 is 0 Å². The Balaban J connectivity index is 3.17. The van der Waals surface area contributed by atoms with Crippen LogP contribution in [0.15, 0.2) is 18.2 Å². The van der Waals surface area contributed by atoms with Gasteiger partial charge in [-0.3, -0.25) is 4.79 Å². The molecule has 0 spiro atoms. The smallest absolute Gasteiger partial charge is 0.416 e. The molecule has 0 heterocycles. The van der Waals surface area contributed by atoms with Crippen molar-refractivity contribution in [1.29, 1.82) is 0 Å². The first kappa shape index (κ1) is 16.3. The fourth-order valence-electron chi connectivity index (χ4n) is 1.92. The molecule has 0 fully saturated rings. The molecule has 0 aliphatic heterocycles. The van der Waals surface area contributed by atoms with E-state index in [-0.39, 0.29) is 18.1 Å². The highest BCUT2D eigenvalue weighted by molar-refractivity contribution is 5.70. The molecule has 20 heavy (non-hydrogen) atoms. The molecule has 0 amide bonds. The van der Waals surface area contributed by atoms with Gasteiger partial charge >= 0.3 is 12.1 Å². The van der Waals surface area contributed by atoms with Crippen LogP contribution in [0.1, 0.15) is 36.8 Å². The van der Waals surface area contributed by atoms with Crippen molar-refractivity contribution in [3.63, 3.8) is 0 Å². The third-order valence-corrected chi connectivity index (χ3v) is 3.10.